The van der Waals surface area contributed by atoms with Gasteiger partial charge in [0.25, 0.3) is 0 Å². The van der Waals surface area contributed by atoms with Crippen LogP contribution in [0, 0.1) is 17.2 Å². The predicted molar refractivity (Wildman–Crippen MR) is 155 cm³/mol. The second-order valence-corrected chi connectivity index (χ2v) is 10.5. The van der Waals surface area contributed by atoms with Crippen LogP contribution in [0.25, 0.3) is 0 Å². The van der Waals surface area contributed by atoms with Gasteiger partial charge in [-0.05, 0) is 81.1 Å². The standard InChI is InChI=1S/C31H36N6O4/c1-40-29-16-27-28(17-30(29)41-15-3-5-24-4-2-10-33-19-24)34-20-25(21-38)31(27)35-11-13-36(14-12-35)37(22-39)26-8-6-23(18-32)7-9-26/h6-9,16-17,20,22,24,28,33H,2-5,10-15,19H2,1H3. The summed E-state index contributed by atoms with van der Waals surface area (Å²) in [5.74, 6) is 4.06. The van der Waals surface area contributed by atoms with E-state index in [0.717, 1.165) is 43.6 Å². The number of anilines is 1. The number of allylic oxidation sites excluding steroid dienone is 1. The van der Waals surface area contributed by atoms with Crippen LogP contribution in [0.3, 0.4) is 0 Å². The molecule has 2 saturated heterocycles. The van der Waals surface area contributed by atoms with Crippen molar-refractivity contribution in [2.75, 3.05) is 58.0 Å². The van der Waals surface area contributed by atoms with Crippen LogP contribution in [-0.2, 0) is 19.1 Å². The molecule has 0 bridgehead atoms. The van der Waals surface area contributed by atoms with Crippen LogP contribution >= 0.6 is 0 Å². The van der Waals surface area contributed by atoms with Crippen LogP contribution < -0.4 is 10.3 Å². The van der Waals surface area contributed by atoms with Gasteiger partial charge in [-0.3, -0.25) is 9.79 Å². The fourth-order valence-electron chi connectivity index (χ4n) is 5.86. The van der Waals surface area contributed by atoms with Gasteiger partial charge in [0, 0.05) is 38.0 Å². The van der Waals surface area contributed by atoms with Crippen molar-refractivity contribution in [3.8, 4) is 6.07 Å². The minimum atomic E-state index is -0.290. The molecule has 1 aromatic carbocycles. The number of hydrogen-bond acceptors (Lipinski definition) is 9. The van der Waals surface area contributed by atoms with E-state index in [-0.39, 0.29) is 6.04 Å². The van der Waals surface area contributed by atoms with Gasteiger partial charge in [-0.25, -0.2) is 14.8 Å². The van der Waals surface area contributed by atoms with E-state index in [1.807, 2.05) is 17.2 Å². The second-order valence-electron chi connectivity index (χ2n) is 10.5. The highest BCUT2D eigenvalue weighted by molar-refractivity contribution is 5.97. The number of carbonyl (C=O) groups excluding carboxylic acids is 2. The molecule has 1 N–H and O–H groups in total. The Bertz CT molecular complexity index is 1320. The number of piperidine rings is 1. The number of hydrogen-bond donors (Lipinski definition) is 1. The normalized spacial score (nSPS) is 22.6. The maximum atomic E-state index is 12.0. The lowest BCUT2D eigenvalue weighted by molar-refractivity contribution is -0.110. The molecule has 10 nitrogen and oxygen atoms in total. The number of carbonyl (C=O) groups is 1. The highest BCUT2D eigenvalue weighted by atomic mass is 16.5. The number of rotatable bonds is 10. The van der Waals surface area contributed by atoms with Gasteiger partial charge in [-0.1, -0.05) is 0 Å². The number of aliphatic imine (C=N–C) groups is 1. The Labute approximate surface area is 240 Å². The van der Waals surface area contributed by atoms with Crippen LogP contribution in [-0.4, -0.2) is 87.5 Å². The first-order valence-electron chi connectivity index (χ1n) is 14.2. The zero-order chi connectivity index (χ0) is 28.6. The summed E-state index contributed by atoms with van der Waals surface area (Å²) in [5.41, 5.74) is 3.28. The van der Waals surface area contributed by atoms with Gasteiger partial charge in [-0.2, -0.15) is 5.26 Å². The number of nitrogens with one attached hydrogen (secondary N) is 1. The largest absolute Gasteiger partial charge is 0.493 e. The monoisotopic (exact) mass is 556 g/mol. The fraction of sp³-hybridized carbons (Fsp3) is 0.452. The minimum absolute atomic E-state index is 0.290. The third-order valence-corrected chi connectivity index (χ3v) is 8.03. The number of amides is 1. The predicted octanol–water partition coefficient (Wildman–Crippen LogP) is 2.74. The van der Waals surface area contributed by atoms with Crippen LogP contribution in [0.1, 0.15) is 31.2 Å². The zero-order valence-electron chi connectivity index (χ0n) is 23.4. The number of piperazine rings is 1. The molecule has 1 aliphatic carbocycles. The molecular formula is C31H36N6O4. The average Bonchev–Trinajstić information content (AvgIpc) is 3.03. The Balaban J connectivity index is 1.27. The van der Waals surface area contributed by atoms with Gasteiger partial charge in [0.05, 0.1) is 42.8 Å². The van der Waals surface area contributed by atoms with Gasteiger partial charge in [0.15, 0.2) is 11.5 Å². The molecule has 0 radical (unpaired) electrons. The summed E-state index contributed by atoms with van der Waals surface area (Å²) in [6.07, 6.45) is 10.9. The van der Waals surface area contributed by atoms with Crippen molar-refractivity contribution >= 4 is 24.3 Å². The van der Waals surface area contributed by atoms with Crippen molar-refractivity contribution in [1.29, 1.82) is 5.26 Å². The molecule has 3 aliphatic heterocycles. The van der Waals surface area contributed by atoms with Crippen molar-refractivity contribution in [3.05, 3.63) is 70.3 Å². The van der Waals surface area contributed by atoms with E-state index >= 15 is 0 Å². The number of methoxy groups -OCH3 is 1. The number of nitrogens with zero attached hydrogens (tertiary/aromatic N) is 5. The summed E-state index contributed by atoms with van der Waals surface area (Å²) in [5, 5.41) is 16.1. The number of ether oxygens (including phenoxy) is 2. The highest BCUT2D eigenvalue weighted by Gasteiger charge is 2.33. The molecule has 0 saturated carbocycles. The maximum absolute atomic E-state index is 12.0. The molecule has 41 heavy (non-hydrogen) atoms. The Morgan fingerprint density at radius 2 is 2.00 bits per heavy atom. The first-order chi connectivity index (χ1) is 20.1. The van der Waals surface area contributed by atoms with Gasteiger partial charge in [-0.15, -0.1) is 0 Å². The molecule has 4 aliphatic rings. The summed E-state index contributed by atoms with van der Waals surface area (Å²) < 4.78 is 11.9. The van der Waals surface area contributed by atoms with Gasteiger partial charge < -0.3 is 19.7 Å². The van der Waals surface area contributed by atoms with E-state index in [1.165, 1.54) is 12.8 Å². The van der Waals surface area contributed by atoms with E-state index < -0.39 is 0 Å². The lowest BCUT2D eigenvalue weighted by Crippen LogP contribution is -2.53. The van der Waals surface area contributed by atoms with Crippen LogP contribution in [0.5, 0.6) is 0 Å². The molecule has 2 fully saturated rings. The van der Waals surface area contributed by atoms with Crippen molar-refractivity contribution < 1.29 is 19.1 Å². The number of benzene rings is 1. The first kappa shape index (κ1) is 28.4. The number of nitriles is 1. The molecule has 0 spiro atoms. The lowest BCUT2D eigenvalue weighted by atomic mass is 9.92. The third-order valence-electron chi connectivity index (χ3n) is 8.03. The molecule has 2 unspecified atom stereocenters. The second kappa shape index (κ2) is 13.5. The van der Waals surface area contributed by atoms with Gasteiger partial charge in [0.1, 0.15) is 11.5 Å². The quantitative estimate of drug-likeness (QED) is 0.266. The summed E-state index contributed by atoms with van der Waals surface area (Å²) >= 11 is 0. The fourth-order valence-corrected chi connectivity index (χ4v) is 5.86. The molecular weight excluding hydrogens is 520 g/mol. The van der Waals surface area contributed by atoms with Crippen molar-refractivity contribution in [2.45, 2.75) is 31.7 Å². The van der Waals surface area contributed by atoms with Crippen molar-refractivity contribution in [2.24, 2.45) is 10.9 Å². The SMILES string of the molecule is COC1=CC2=C(N3CCN(N(C=O)c4ccc(C#N)cc4)CC3)C(=C=O)C=NC2C=C1OCCCC1CCCNC1. The Morgan fingerprint density at radius 3 is 2.66 bits per heavy atom. The molecule has 3 heterocycles. The topological polar surface area (TPSA) is 110 Å². The Hall–Kier alpha value is -4.16. The number of fused-ring (bicyclic) bond motifs is 1. The molecule has 2 atom stereocenters. The highest BCUT2D eigenvalue weighted by Crippen LogP contribution is 2.34. The number of hydrazine groups is 1. The van der Waals surface area contributed by atoms with Crippen LogP contribution in [0.4, 0.5) is 5.69 Å². The van der Waals surface area contributed by atoms with E-state index in [1.54, 1.807) is 42.6 Å². The van der Waals surface area contributed by atoms with E-state index in [9.17, 15) is 9.59 Å². The number of dihydropyridines is 1. The summed E-state index contributed by atoms with van der Waals surface area (Å²) in [7, 11) is 1.62. The van der Waals surface area contributed by atoms with E-state index in [0.29, 0.717) is 67.0 Å². The lowest BCUT2D eigenvalue weighted by Gasteiger charge is -2.42. The van der Waals surface area contributed by atoms with Crippen LogP contribution in [0.2, 0.25) is 0 Å². The van der Waals surface area contributed by atoms with E-state index in [2.05, 4.69) is 27.2 Å². The molecule has 5 rings (SSSR count). The Morgan fingerprint density at radius 1 is 1.20 bits per heavy atom. The summed E-state index contributed by atoms with van der Waals surface area (Å²) in [6.45, 7) is 5.11. The first-order valence-corrected chi connectivity index (χ1v) is 14.2. The van der Waals surface area contributed by atoms with Gasteiger partial charge >= 0.3 is 0 Å². The maximum Gasteiger partial charge on any atom is 0.228 e. The summed E-state index contributed by atoms with van der Waals surface area (Å²) in [4.78, 5) is 30.7. The third kappa shape index (κ3) is 6.44. The molecule has 1 amide bonds. The zero-order valence-corrected chi connectivity index (χ0v) is 23.4. The molecule has 214 valence electrons. The van der Waals surface area contributed by atoms with Crippen molar-refractivity contribution in [1.82, 2.24) is 15.2 Å². The average molecular weight is 557 g/mol. The molecule has 10 heteroatoms. The molecule has 1 aromatic rings. The minimum Gasteiger partial charge on any atom is -0.493 e. The molecule has 0 aromatic heterocycles. The van der Waals surface area contributed by atoms with Crippen LogP contribution in [0.15, 0.2) is 69.8 Å². The van der Waals surface area contributed by atoms with E-state index in [4.69, 9.17) is 14.7 Å². The van der Waals surface area contributed by atoms with Crippen molar-refractivity contribution in [3.63, 3.8) is 0 Å². The Kier molecular flexibility index (Phi) is 9.32. The summed E-state index contributed by atoms with van der Waals surface area (Å²) in [6, 6.07) is 8.72. The smallest absolute Gasteiger partial charge is 0.228 e. The van der Waals surface area contributed by atoms with Gasteiger partial charge in [0.2, 0.25) is 6.41 Å².